The third kappa shape index (κ3) is 3.23. The molecule has 20 heavy (non-hydrogen) atoms. The molecule has 1 aromatic carbocycles. The predicted octanol–water partition coefficient (Wildman–Crippen LogP) is 3.59. The van der Waals surface area contributed by atoms with Gasteiger partial charge < -0.3 is 5.32 Å². The van der Waals surface area contributed by atoms with Crippen LogP contribution >= 0.6 is 0 Å². The van der Waals surface area contributed by atoms with Crippen LogP contribution < -0.4 is 5.32 Å². The van der Waals surface area contributed by atoms with Crippen LogP contribution in [0.5, 0.6) is 0 Å². The molecule has 0 saturated heterocycles. The van der Waals surface area contributed by atoms with E-state index in [4.69, 9.17) is 0 Å². The molecule has 0 fully saturated rings. The molecule has 3 heteroatoms. The highest BCUT2D eigenvalue weighted by molar-refractivity contribution is 5.29. The Kier molecular flexibility index (Phi) is 4.85. The number of aromatic nitrogens is 1. The molecular formula is C17H21FN2. The monoisotopic (exact) mass is 272 g/mol. The minimum Gasteiger partial charge on any atom is -0.313 e. The lowest BCUT2D eigenvalue weighted by molar-refractivity contribution is 0.526. The van der Waals surface area contributed by atoms with Gasteiger partial charge in [-0.2, -0.15) is 0 Å². The first-order valence-electron chi connectivity index (χ1n) is 7.01. The van der Waals surface area contributed by atoms with E-state index in [1.54, 1.807) is 13.0 Å². The van der Waals surface area contributed by atoms with E-state index in [1.807, 2.05) is 31.4 Å². The third-order valence-electron chi connectivity index (χ3n) is 3.65. The highest BCUT2D eigenvalue weighted by Crippen LogP contribution is 2.22. The van der Waals surface area contributed by atoms with Crippen molar-refractivity contribution in [2.75, 3.05) is 7.05 Å². The Balaban J connectivity index is 2.21. The molecular weight excluding hydrogens is 251 g/mol. The first-order valence-corrected chi connectivity index (χ1v) is 7.01. The molecule has 106 valence electrons. The van der Waals surface area contributed by atoms with Gasteiger partial charge in [-0.15, -0.1) is 0 Å². The summed E-state index contributed by atoms with van der Waals surface area (Å²) in [5.41, 5.74) is 3.57. The topological polar surface area (TPSA) is 24.9 Å². The van der Waals surface area contributed by atoms with Crippen LogP contribution in [0.1, 0.15) is 35.3 Å². The van der Waals surface area contributed by atoms with Crippen LogP contribution in [0, 0.1) is 12.7 Å². The van der Waals surface area contributed by atoms with Gasteiger partial charge in [-0.3, -0.25) is 4.98 Å². The van der Waals surface area contributed by atoms with Gasteiger partial charge in [0.1, 0.15) is 5.82 Å². The zero-order valence-electron chi connectivity index (χ0n) is 12.3. The van der Waals surface area contributed by atoms with E-state index in [0.29, 0.717) is 17.5 Å². The highest BCUT2D eigenvalue weighted by Gasteiger charge is 2.16. The summed E-state index contributed by atoms with van der Waals surface area (Å²) in [7, 11) is 1.85. The van der Waals surface area contributed by atoms with Gasteiger partial charge in [0.15, 0.2) is 0 Å². The third-order valence-corrected chi connectivity index (χ3v) is 3.65. The molecule has 1 unspecified atom stereocenters. The van der Waals surface area contributed by atoms with Crippen molar-refractivity contribution in [3.05, 3.63) is 64.7 Å². The largest absolute Gasteiger partial charge is 0.313 e. The maximum absolute atomic E-state index is 14.2. The SMILES string of the molecule is CCc1ccc(CC(NC)c2cccc(C)c2F)nc1. The van der Waals surface area contributed by atoms with Crippen LogP contribution in [0.25, 0.3) is 0 Å². The summed E-state index contributed by atoms with van der Waals surface area (Å²) in [6.07, 6.45) is 3.56. The van der Waals surface area contributed by atoms with E-state index in [9.17, 15) is 4.39 Å². The van der Waals surface area contributed by atoms with Gasteiger partial charge in [-0.05, 0) is 37.6 Å². The molecule has 2 nitrogen and oxygen atoms in total. The lowest BCUT2D eigenvalue weighted by Gasteiger charge is -2.18. The normalized spacial score (nSPS) is 12.4. The second kappa shape index (κ2) is 6.62. The van der Waals surface area contributed by atoms with E-state index in [0.717, 1.165) is 12.1 Å². The Labute approximate surface area is 120 Å². The molecule has 1 atom stereocenters. The molecule has 0 aliphatic rings. The summed E-state index contributed by atoms with van der Waals surface area (Å²) < 4.78 is 14.2. The number of hydrogen-bond acceptors (Lipinski definition) is 2. The van der Waals surface area contributed by atoms with E-state index in [2.05, 4.69) is 23.3 Å². The summed E-state index contributed by atoms with van der Waals surface area (Å²) in [4.78, 5) is 4.45. The molecule has 0 spiro atoms. The fraction of sp³-hybridized carbons (Fsp3) is 0.353. The summed E-state index contributed by atoms with van der Waals surface area (Å²) >= 11 is 0. The van der Waals surface area contributed by atoms with E-state index in [-0.39, 0.29) is 11.9 Å². The molecule has 0 aliphatic heterocycles. The molecule has 0 saturated carbocycles. The first-order chi connectivity index (χ1) is 9.65. The molecule has 1 N–H and O–H groups in total. The van der Waals surface area contributed by atoms with Crippen LogP contribution in [0.15, 0.2) is 36.5 Å². The number of hydrogen-bond donors (Lipinski definition) is 1. The van der Waals surface area contributed by atoms with E-state index in [1.165, 1.54) is 5.56 Å². The van der Waals surface area contributed by atoms with Gasteiger partial charge in [-0.1, -0.05) is 31.2 Å². The zero-order valence-corrected chi connectivity index (χ0v) is 12.3. The second-order valence-electron chi connectivity index (χ2n) is 5.03. The van der Waals surface area contributed by atoms with Crippen molar-refractivity contribution in [1.29, 1.82) is 0 Å². The van der Waals surface area contributed by atoms with Crippen molar-refractivity contribution in [2.24, 2.45) is 0 Å². The molecule has 0 bridgehead atoms. The second-order valence-corrected chi connectivity index (χ2v) is 5.03. The van der Waals surface area contributed by atoms with Crippen molar-refractivity contribution >= 4 is 0 Å². The molecule has 2 aromatic rings. The van der Waals surface area contributed by atoms with Crippen LogP contribution in [-0.2, 0) is 12.8 Å². The first kappa shape index (κ1) is 14.7. The minimum atomic E-state index is -0.128. The average Bonchev–Trinajstić information content (AvgIpc) is 2.48. The number of nitrogens with one attached hydrogen (secondary N) is 1. The van der Waals surface area contributed by atoms with Crippen molar-refractivity contribution in [3.63, 3.8) is 0 Å². The molecule has 2 rings (SSSR count). The fourth-order valence-corrected chi connectivity index (χ4v) is 2.30. The standard InChI is InChI=1S/C17H21FN2/c1-4-13-8-9-14(20-11-13)10-16(19-3)15-7-5-6-12(2)17(15)18/h5-9,11,16,19H,4,10H2,1-3H3. The summed E-state index contributed by atoms with van der Waals surface area (Å²) in [5.74, 6) is -0.128. The van der Waals surface area contributed by atoms with Gasteiger partial charge in [0.25, 0.3) is 0 Å². The van der Waals surface area contributed by atoms with Gasteiger partial charge >= 0.3 is 0 Å². The predicted molar refractivity (Wildman–Crippen MR) is 80.3 cm³/mol. The van der Waals surface area contributed by atoms with Crippen LogP contribution in [-0.4, -0.2) is 12.0 Å². The van der Waals surface area contributed by atoms with Gasteiger partial charge in [0.2, 0.25) is 0 Å². The summed E-state index contributed by atoms with van der Waals surface area (Å²) in [6, 6.07) is 9.57. The van der Waals surface area contributed by atoms with Gasteiger partial charge in [0, 0.05) is 29.9 Å². The lowest BCUT2D eigenvalue weighted by Crippen LogP contribution is -2.21. The van der Waals surface area contributed by atoms with Gasteiger partial charge in [0.05, 0.1) is 0 Å². The minimum absolute atomic E-state index is 0.0603. The van der Waals surface area contributed by atoms with Gasteiger partial charge in [-0.25, -0.2) is 4.39 Å². The quantitative estimate of drug-likeness (QED) is 0.899. The van der Waals surface area contributed by atoms with Crippen molar-refractivity contribution in [3.8, 4) is 0 Å². The van der Waals surface area contributed by atoms with E-state index >= 15 is 0 Å². The molecule has 0 aliphatic carbocycles. The summed E-state index contributed by atoms with van der Waals surface area (Å²) in [5, 5.41) is 3.18. The Morgan fingerprint density at radius 2 is 2.05 bits per heavy atom. The molecule has 1 aromatic heterocycles. The van der Waals surface area contributed by atoms with E-state index < -0.39 is 0 Å². The number of rotatable bonds is 5. The Bertz CT molecular complexity index is 564. The number of likely N-dealkylation sites (N-methyl/N-ethyl adjacent to an activating group) is 1. The number of benzene rings is 1. The fourth-order valence-electron chi connectivity index (χ4n) is 2.30. The smallest absolute Gasteiger partial charge is 0.130 e. The Hall–Kier alpha value is -1.74. The van der Waals surface area contributed by atoms with Crippen molar-refractivity contribution < 1.29 is 4.39 Å². The maximum atomic E-state index is 14.2. The zero-order chi connectivity index (χ0) is 14.5. The van der Waals surface area contributed by atoms with Crippen LogP contribution in [0.2, 0.25) is 0 Å². The Morgan fingerprint density at radius 3 is 2.65 bits per heavy atom. The van der Waals surface area contributed by atoms with Crippen LogP contribution in [0.3, 0.4) is 0 Å². The molecule has 0 amide bonds. The van der Waals surface area contributed by atoms with Crippen molar-refractivity contribution in [1.82, 2.24) is 10.3 Å². The number of pyridine rings is 1. The number of nitrogens with zero attached hydrogens (tertiary/aromatic N) is 1. The van der Waals surface area contributed by atoms with Crippen LogP contribution in [0.4, 0.5) is 4.39 Å². The maximum Gasteiger partial charge on any atom is 0.130 e. The average molecular weight is 272 g/mol. The number of aryl methyl sites for hydroxylation is 2. The van der Waals surface area contributed by atoms with Crippen molar-refractivity contribution in [2.45, 2.75) is 32.7 Å². The lowest BCUT2D eigenvalue weighted by atomic mass is 9.99. The summed E-state index contributed by atoms with van der Waals surface area (Å²) in [6.45, 7) is 3.90. The molecule has 1 heterocycles. The molecule has 0 radical (unpaired) electrons. The number of halogens is 1. The Morgan fingerprint density at radius 1 is 1.25 bits per heavy atom. The highest BCUT2D eigenvalue weighted by atomic mass is 19.1.